The number of fused-ring (bicyclic) bond motifs is 1. The van der Waals surface area contributed by atoms with Gasteiger partial charge in [-0.2, -0.15) is 0 Å². The zero-order chi connectivity index (χ0) is 26.0. The van der Waals surface area contributed by atoms with Crippen LogP contribution in [0, 0.1) is 6.92 Å². The summed E-state index contributed by atoms with van der Waals surface area (Å²) in [7, 11) is -1.30. The fourth-order valence-corrected chi connectivity index (χ4v) is 5.23. The summed E-state index contributed by atoms with van der Waals surface area (Å²) >= 11 is 0. The van der Waals surface area contributed by atoms with E-state index in [9.17, 15) is 18.0 Å². The van der Waals surface area contributed by atoms with Gasteiger partial charge in [0.15, 0.2) is 0 Å². The number of sulfone groups is 1. The first-order chi connectivity index (χ1) is 17.1. The number of nitrogens with two attached hydrogens (primary N) is 1. The van der Waals surface area contributed by atoms with Crippen LogP contribution in [0.4, 0.5) is 11.4 Å². The van der Waals surface area contributed by atoms with E-state index in [-0.39, 0.29) is 20.9 Å². The predicted molar refractivity (Wildman–Crippen MR) is 135 cm³/mol. The molecule has 1 aromatic heterocycles. The van der Waals surface area contributed by atoms with Crippen molar-refractivity contribution in [3.63, 3.8) is 0 Å². The fraction of sp³-hybridized carbons (Fsp3) is 0.115. The number of hydrogen-bond donors (Lipinski definition) is 2. The molecule has 4 rings (SSSR count). The number of esters is 1. The number of pyridine rings is 1. The molecule has 36 heavy (non-hydrogen) atoms. The number of methoxy groups -OCH3 is 2. The number of aromatic nitrogens is 1. The lowest BCUT2D eigenvalue weighted by Crippen LogP contribution is -2.14. The number of anilines is 2. The number of carbonyl (C=O) groups excluding carboxylic acids is 2. The molecule has 0 saturated carbocycles. The van der Waals surface area contributed by atoms with Crippen molar-refractivity contribution < 1.29 is 27.5 Å². The van der Waals surface area contributed by atoms with Crippen molar-refractivity contribution in [1.82, 2.24) is 4.98 Å². The molecule has 0 atom stereocenters. The van der Waals surface area contributed by atoms with Crippen molar-refractivity contribution in [2.24, 2.45) is 5.73 Å². The van der Waals surface area contributed by atoms with Crippen molar-refractivity contribution >= 4 is 44.0 Å². The second-order valence-electron chi connectivity index (χ2n) is 7.93. The molecule has 0 radical (unpaired) electrons. The molecule has 3 N–H and O–H groups in total. The Morgan fingerprint density at radius 2 is 1.72 bits per heavy atom. The van der Waals surface area contributed by atoms with E-state index in [1.165, 1.54) is 56.8 Å². The van der Waals surface area contributed by atoms with Crippen LogP contribution in [0.25, 0.3) is 10.9 Å². The van der Waals surface area contributed by atoms with Gasteiger partial charge >= 0.3 is 5.97 Å². The van der Waals surface area contributed by atoms with Crippen LogP contribution < -0.4 is 15.8 Å². The van der Waals surface area contributed by atoms with Crippen LogP contribution >= 0.6 is 0 Å². The number of ether oxygens (including phenoxy) is 2. The van der Waals surface area contributed by atoms with Crippen molar-refractivity contribution in [2.45, 2.75) is 16.7 Å². The minimum absolute atomic E-state index is 0.0355. The Morgan fingerprint density at radius 3 is 2.42 bits per heavy atom. The zero-order valence-electron chi connectivity index (χ0n) is 19.7. The summed E-state index contributed by atoms with van der Waals surface area (Å²) in [6.45, 7) is 1.72. The third-order valence-electron chi connectivity index (χ3n) is 5.62. The lowest BCUT2D eigenvalue weighted by atomic mass is 10.1. The predicted octanol–water partition coefficient (Wildman–Crippen LogP) is 4.01. The maximum absolute atomic E-state index is 13.6. The first kappa shape index (κ1) is 24.7. The van der Waals surface area contributed by atoms with Crippen LogP contribution in [0.3, 0.4) is 0 Å². The molecule has 3 aromatic carbocycles. The van der Waals surface area contributed by atoms with Crippen molar-refractivity contribution in [3.8, 4) is 5.75 Å². The lowest BCUT2D eigenvalue weighted by molar-refractivity contribution is 0.0600. The van der Waals surface area contributed by atoms with Gasteiger partial charge in [0.05, 0.1) is 46.3 Å². The molecular formula is C26H23N3O6S. The number of primary amides is 1. The van der Waals surface area contributed by atoms with E-state index in [0.29, 0.717) is 33.6 Å². The Balaban J connectivity index is 1.93. The number of hydrogen-bond acceptors (Lipinski definition) is 8. The Labute approximate surface area is 207 Å². The minimum Gasteiger partial charge on any atom is -0.497 e. The molecule has 0 unspecified atom stereocenters. The maximum atomic E-state index is 13.6. The normalized spacial score (nSPS) is 11.2. The van der Waals surface area contributed by atoms with Crippen LogP contribution in [-0.4, -0.2) is 39.5 Å². The van der Waals surface area contributed by atoms with Gasteiger partial charge in [0.25, 0.3) is 5.91 Å². The molecule has 0 aliphatic carbocycles. The third kappa shape index (κ3) is 4.58. The molecule has 1 heterocycles. The standard InChI is InChI=1S/C26H23N3O6S/c1-15-10-20(36(32,33)19-9-4-6-16(11-19)26(31)35-3)13-21-23(15)28-14-22(25(27)30)24(21)29-17-7-5-8-18(12-17)34-2/h4-14H,1-3H3,(H2,27,30)(H,28,29). The summed E-state index contributed by atoms with van der Waals surface area (Å²) in [5.41, 5.74) is 7.79. The summed E-state index contributed by atoms with van der Waals surface area (Å²) < 4.78 is 37.1. The molecule has 10 heteroatoms. The van der Waals surface area contributed by atoms with Crippen molar-refractivity contribution in [1.29, 1.82) is 0 Å². The van der Waals surface area contributed by atoms with Crippen molar-refractivity contribution in [2.75, 3.05) is 19.5 Å². The van der Waals surface area contributed by atoms with Crippen LogP contribution in [0.2, 0.25) is 0 Å². The Hall–Kier alpha value is -4.44. The second-order valence-corrected chi connectivity index (χ2v) is 9.88. The fourth-order valence-electron chi connectivity index (χ4n) is 3.81. The second kappa shape index (κ2) is 9.67. The quantitative estimate of drug-likeness (QED) is 0.359. The summed E-state index contributed by atoms with van der Waals surface area (Å²) in [6.07, 6.45) is 1.36. The smallest absolute Gasteiger partial charge is 0.337 e. The number of rotatable bonds is 7. The molecule has 0 bridgehead atoms. The number of aryl methyl sites for hydroxylation is 1. The van der Waals surface area contributed by atoms with E-state index >= 15 is 0 Å². The van der Waals surface area contributed by atoms with Crippen LogP contribution in [0.5, 0.6) is 5.75 Å². The van der Waals surface area contributed by atoms with E-state index in [2.05, 4.69) is 10.3 Å². The molecule has 4 aromatic rings. The zero-order valence-corrected chi connectivity index (χ0v) is 20.5. The number of amides is 1. The van der Waals surface area contributed by atoms with Gasteiger partial charge in [0.1, 0.15) is 5.75 Å². The number of nitrogens with zero attached hydrogens (tertiary/aromatic N) is 1. The average molecular weight is 506 g/mol. The SMILES string of the molecule is COC(=O)c1cccc(S(=O)(=O)c2cc(C)c3ncc(C(N)=O)c(Nc4cccc(OC)c4)c3c2)c1. The van der Waals surface area contributed by atoms with Crippen LogP contribution in [0.15, 0.2) is 76.7 Å². The molecular weight excluding hydrogens is 482 g/mol. The molecule has 9 nitrogen and oxygen atoms in total. The van der Waals surface area contributed by atoms with Crippen LogP contribution in [0.1, 0.15) is 26.3 Å². The van der Waals surface area contributed by atoms with Crippen molar-refractivity contribution in [3.05, 3.63) is 83.6 Å². The van der Waals surface area contributed by atoms with E-state index in [4.69, 9.17) is 15.2 Å². The molecule has 0 aliphatic heterocycles. The van der Waals surface area contributed by atoms with E-state index in [0.717, 1.165) is 0 Å². The highest BCUT2D eigenvalue weighted by Crippen LogP contribution is 2.35. The van der Waals surface area contributed by atoms with Gasteiger partial charge in [0.2, 0.25) is 9.84 Å². The Kier molecular flexibility index (Phi) is 6.63. The highest BCUT2D eigenvalue weighted by atomic mass is 32.2. The molecule has 0 saturated heterocycles. The van der Waals surface area contributed by atoms with Gasteiger partial charge in [-0.15, -0.1) is 0 Å². The average Bonchev–Trinajstić information content (AvgIpc) is 2.88. The first-order valence-corrected chi connectivity index (χ1v) is 12.2. The lowest BCUT2D eigenvalue weighted by Gasteiger charge is -2.16. The molecule has 0 fully saturated rings. The van der Waals surface area contributed by atoms with Gasteiger partial charge in [-0.25, -0.2) is 13.2 Å². The first-order valence-electron chi connectivity index (χ1n) is 10.7. The van der Waals surface area contributed by atoms with Gasteiger partial charge in [0, 0.05) is 23.3 Å². The molecule has 1 amide bonds. The van der Waals surface area contributed by atoms with Gasteiger partial charge in [-0.05, 0) is 55.0 Å². The summed E-state index contributed by atoms with van der Waals surface area (Å²) in [5.74, 6) is -0.794. The highest BCUT2D eigenvalue weighted by molar-refractivity contribution is 7.91. The molecule has 0 aliphatic rings. The largest absolute Gasteiger partial charge is 0.497 e. The number of benzene rings is 3. The van der Waals surface area contributed by atoms with E-state index in [1.807, 2.05) is 0 Å². The summed E-state index contributed by atoms with van der Waals surface area (Å²) in [4.78, 5) is 28.4. The van der Waals surface area contributed by atoms with Gasteiger partial charge < -0.3 is 20.5 Å². The number of carbonyl (C=O) groups is 2. The third-order valence-corrected chi connectivity index (χ3v) is 7.35. The topological polar surface area (TPSA) is 138 Å². The van der Waals surface area contributed by atoms with Gasteiger partial charge in [-0.3, -0.25) is 9.78 Å². The molecule has 184 valence electrons. The van der Waals surface area contributed by atoms with E-state index < -0.39 is 21.7 Å². The summed E-state index contributed by atoms with van der Waals surface area (Å²) in [5, 5.41) is 3.56. The molecule has 0 spiro atoms. The summed E-state index contributed by atoms with van der Waals surface area (Å²) in [6, 6.07) is 15.5. The van der Waals surface area contributed by atoms with Crippen LogP contribution in [-0.2, 0) is 14.6 Å². The van der Waals surface area contributed by atoms with E-state index in [1.54, 1.807) is 31.2 Å². The Morgan fingerprint density at radius 1 is 0.972 bits per heavy atom. The monoisotopic (exact) mass is 505 g/mol. The minimum atomic E-state index is -4.05. The van der Waals surface area contributed by atoms with Gasteiger partial charge in [-0.1, -0.05) is 12.1 Å². The number of nitrogens with one attached hydrogen (secondary N) is 1. The maximum Gasteiger partial charge on any atom is 0.337 e. The highest BCUT2D eigenvalue weighted by Gasteiger charge is 2.23. The Bertz CT molecular complexity index is 1620.